The van der Waals surface area contributed by atoms with Crippen molar-refractivity contribution in [1.29, 1.82) is 0 Å². The second-order valence-electron chi connectivity index (χ2n) is 0.448. The Kier molecular flexibility index (Phi) is 13.4. The van der Waals surface area contributed by atoms with Gasteiger partial charge in [-0.1, -0.05) is 0 Å². The molecule has 0 unspecified atom stereocenters. The van der Waals surface area contributed by atoms with E-state index in [4.69, 9.17) is 17.5 Å². The van der Waals surface area contributed by atoms with Gasteiger partial charge in [0.1, 0.15) is 0 Å². The van der Waals surface area contributed by atoms with Crippen LogP contribution in [0.25, 0.3) is 0 Å². The van der Waals surface area contributed by atoms with E-state index in [0.717, 1.165) is 0 Å². The van der Waals surface area contributed by atoms with E-state index >= 15 is 0 Å². The Morgan fingerprint density at radius 1 is 1.29 bits per heavy atom. The summed E-state index contributed by atoms with van der Waals surface area (Å²) < 4.78 is 31.6. The van der Waals surface area contributed by atoms with Gasteiger partial charge in [-0.2, -0.15) is 8.42 Å². The molecule has 0 bridgehead atoms. The van der Waals surface area contributed by atoms with Crippen molar-refractivity contribution < 1.29 is 39.9 Å². The summed E-state index contributed by atoms with van der Waals surface area (Å²) in [7, 11) is -4.67. The van der Waals surface area contributed by atoms with E-state index in [2.05, 4.69) is 0 Å². The van der Waals surface area contributed by atoms with Crippen LogP contribution in [-0.2, 0) is 29.9 Å². The monoisotopic (exact) mass is 204 g/mol. The van der Waals surface area contributed by atoms with Crippen molar-refractivity contribution in [3.8, 4) is 0 Å². The first-order valence-corrected chi connectivity index (χ1v) is 2.10. The number of hydrogen-bond donors (Lipinski definition) is 2. The molecule has 0 aromatic heterocycles. The molecule has 0 saturated heterocycles. The van der Waals surface area contributed by atoms with Gasteiger partial charge in [-0.15, -0.1) is 0 Å². The normalized spacial score (nSPS) is 8.29. The zero-order chi connectivity index (χ0) is 4.50. The zero-order valence-electron chi connectivity index (χ0n) is 5.53. The summed E-state index contributed by atoms with van der Waals surface area (Å²) in [6, 6.07) is 0. The first-order chi connectivity index (χ1) is 2.00. The Hall–Kier alpha value is 1.75. The molecule has 0 spiro atoms. The van der Waals surface area contributed by atoms with Crippen molar-refractivity contribution in [2.75, 3.05) is 0 Å². The standard InChI is InChI=1S/Ca.H2O4S.Zn.2H/c;1-5(2,3)4;;;/h;(H2,1,2,3,4);;;/q+2;;;2*-1. The Bertz CT molecular complexity index is 102. The molecule has 0 aliphatic rings. The molecule has 0 radical (unpaired) electrons. The van der Waals surface area contributed by atoms with Crippen LogP contribution in [0.4, 0.5) is 0 Å². The summed E-state index contributed by atoms with van der Waals surface area (Å²) in [5.41, 5.74) is 0. The third-order valence-corrected chi connectivity index (χ3v) is 0. The van der Waals surface area contributed by atoms with E-state index in [-0.39, 0.29) is 60.1 Å². The van der Waals surface area contributed by atoms with Crippen LogP contribution in [-0.4, -0.2) is 55.3 Å². The van der Waals surface area contributed by atoms with Gasteiger partial charge in [0.2, 0.25) is 0 Å². The van der Waals surface area contributed by atoms with Gasteiger partial charge in [-0.05, 0) is 0 Å². The molecule has 0 rings (SSSR count). The van der Waals surface area contributed by atoms with Crippen molar-refractivity contribution in [1.82, 2.24) is 0 Å². The fourth-order valence-corrected chi connectivity index (χ4v) is 0. The number of rotatable bonds is 0. The van der Waals surface area contributed by atoms with Crippen LogP contribution in [0.15, 0.2) is 0 Å². The minimum Gasteiger partial charge on any atom is -1.00 e. The fourth-order valence-electron chi connectivity index (χ4n) is 0. The van der Waals surface area contributed by atoms with E-state index in [1.807, 2.05) is 0 Å². The van der Waals surface area contributed by atoms with Crippen molar-refractivity contribution in [2.45, 2.75) is 0 Å². The van der Waals surface area contributed by atoms with Gasteiger partial charge < -0.3 is 2.85 Å². The Labute approximate surface area is 87.0 Å². The SMILES string of the molecule is O=S(=O)(O)O.[Ca+2].[H-].[H-].[Zn]. The van der Waals surface area contributed by atoms with Gasteiger partial charge in [0, 0.05) is 19.5 Å². The summed E-state index contributed by atoms with van der Waals surface area (Å²) >= 11 is 0. The molecule has 0 amide bonds. The van der Waals surface area contributed by atoms with Crippen molar-refractivity contribution in [2.24, 2.45) is 0 Å². The molecule has 38 valence electrons. The molecular weight excluding hydrogens is 202 g/mol. The van der Waals surface area contributed by atoms with Gasteiger partial charge in [0.05, 0.1) is 0 Å². The smallest absolute Gasteiger partial charge is 1.00 e. The molecule has 4 nitrogen and oxygen atoms in total. The van der Waals surface area contributed by atoms with E-state index in [1.165, 1.54) is 0 Å². The van der Waals surface area contributed by atoms with Gasteiger partial charge in [-0.25, -0.2) is 0 Å². The van der Waals surface area contributed by atoms with Gasteiger partial charge in [0.25, 0.3) is 0 Å². The van der Waals surface area contributed by atoms with Crippen LogP contribution in [0.5, 0.6) is 0 Å². The maximum Gasteiger partial charge on any atom is 2.00 e. The molecule has 0 atom stereocenters. The Balaban J connectivity index is -0.0000000133. The predicted octanol–water partition coefficient (Wildman–Crippen LogP) is -0.811. The van der Waals surface area contributed by atoms with Crippen LogP contribution >= 0.6 is 0 Å². The van der Waals surface area contributed by atoms with Gasteiger partial charge in [0.15, 0.2) is 0 Å². The molecule has 7 heteroatoms. The third-order valence-electron chi connectivity index (χ3n) is 0. The summed E-state index contributed by atoms with van der Waals surface area (Å²) in [6.45, 7) is 0. The summed E-state index contributed by atoms with van der Waals surface area (Å²) in [5.74, 6) is 0. The quantitative estimate of drug-likeness (QED) is 0.401. The zero-order valence-corrected chi connectivity index (χ0v) is 9.53. The topological polar surface area (TPSA) is 74.6 Å². The van der Waals surface area contributed by atoms with Crippen molar-refractivity contribution in [3.63, 3.8) is 0 Å². The second-order valence-corrected chi connectivity index (χ2v) is 1.34. The average molecular weight is 206 g/mol. The molecule has 0 heterocycles. The molecule has 2 N–H and O–H groups in total. The predicted molar refractivity (Wildman–Crippen MR) is 22.2 cm³/mol. The van der Waals surface area contributed by atoms with Crippen LogP contribution in [0.2, 0.25) is 0 Å². The maximum absolute atomic E-state index is 8.74. The minimum atomic E-state index is -4.67. The summed E-state index contributed by atoms with van der Waals surface area (Å²) in [4.78, 5) is 0. The van der Waals surface area contributed by atoms with E-state index in [9.17, 15) is 0 Å². The van der Waals surface area contributed by atoms with Gasteiger partial charge in [-0.3, -0.25) is 9.11 Å². The average Bonchev–Trinajstić information content (AvgIpc) is 0.722. The molecule has 0 aromatic carbocycles. The number of hydrogen-bond acceptors (Lipinski definition) is 2. The maximum atomic E-state index is 8.74. The third kappa shape index (κ3) is 83.5. The molecule has 0 fully saturated rings. The molecule has 0 saturated carbocycles. The van der Waals surface area contributed by atoms with Crippen LogP contribution in [0.1, 0.15) is 2.85 Å². The van der Waals surface area contributed by atoms with Crippen LogP contribution < -0.4 is 0 Å². The Morgan fingerprint density at radius 2 is 1.29 bits per heavy atom. The minimum absolute atomic E-state index is 0. The van der Waals surface area contributed by atoms with Crippen molar-refractivity contribution >= 4 is 48.1 Å². The molecule has 0 aliphatic carbocycles. The first-order valence-electron chi connectivity index (χ1n) is 0.698. The summed E-state index contributed by atoms with van der Waals surface area (Å²) in [5, 5.41) is 0. The van der Waals surface area contributed by atoms with Gasteiger partial charge >= 0.3 is 48.1 Å². The molecular formula is H4CaO4SZn. The largest absolute Gasteiger partial charge is 2.00 e. The van der Waals surface area contributed by atoms with Crippen LogP contribution in [0, 0.1) is 0 Å². The second kappa shape index (κ2) is 5.88. The van der Waals surface area contributed by atoms with Crippen molar-refractivity contribution in [3.05, 3.63) is 0 Å². The Morgan fingerprint density at radius 3 is 1.29 bits per heavy atom. The fraction of sp³-hybridized carbons (Fsp3) is 0. The molecule has 7 heavy (non-hydrogen) atoms. The van der Waals surface area contributed by atoms with Crippen LogP contribution in [0.3, 0.4) is 0 Å². The molecule has 0 aliphatic heterocycles. The first kappa shape index (κ1) is 15.9. The van der Waals surface area contributed by atoms with E-state index in [1.54, 1.807) is 0 Å². The van der Waals surface area contributed by atoms with E-state index < -0.39 is 10.4 Å². The summed E-state index contributed by atoms with van der Waals surface area (Å²) in [6.07, 6.45) is 0. The molecule has 0 aromatic rings. The van der Waals surface area contributed by atoms with E-state index in [0.29, 0.717) is 0 Å².